The molecule has 4 rings (SSSR count). The van der Waals surface area contributed by atoms with Gasteiger partial charge >= 0.3 is 5.97 Å². The molecule has 3 saturated carbocycles. The van der Waals surface area contributed by atoms with Crippen molar-refractivity contribution in [3.8, 4) is 0 Å². The van der Waals surface area contributed by atoms with Gasteiger partial charge in [0, 0.05) is 60.7 Å². The Balaban J connectivity index is 1.68. The summed E-state index contributed by atoms with van der Waals surface area (Å²) in [7, 11) is 0. The van der Waals surface area contributed by atoms with Gasteiger partial charge in [-0.3, -0.25) is 9.59 Å². The molecule has 0 N–H and O–H groups in total. The summed E-state index contributed by atoms with van der Waals surface area (Å²) < 4.78 is 261. The predicted octanol–water partition coefficient (Wildman–Crippen LogP) is 9.91. The van der Waals surface area contributed by atoms with Crippen molar-refractivity contribution in [2.75, 3.05) is 0 Å². The Morgan fingerprint density at radius 1 is 0.868 bits per heavy atom. The predicted molar refractivity (Wildman–Crippen MR) is 157 cm³/mol. The van der Waals surface area contributed by atoms with E-state index in [-0.39, 0.29) is 35.4 Å². The zero-order valence-electron chi connectivity index (χ0n) is 52.8. The fraction of sp³-hybridized carbons (Fsp3) is 0.886. The van der Waals surface area contributed by atoms with Crippen LogP contribution in [0.15, 0.2) is 11.6 Å². The molecule has 3 nitrogen and oxygen atoms in total. The van der Waals surface area contributed by atoms with Crippen molar-refractivity contribution in [1.82, 2.24) is 0 Å². The minimum atomic E-state index is -5.14. The van der Waals surface area contributed by atoms with Crippen LogP contribution in [0.2, 0.25) is 0 Å². The van der Waals surface area contributed by atoms with Crippen LogP contribution >= 0.6 is 0 Å². The maximum absolute atomic E-state index is 13.8. The van der Waals surface area contributed by atoms with Crippen LogP contribution in [-0.2, 0) is 14.3 Å². The summed E-state index contributed by atoms with van der Waals surface area (Å²) in [5, 5.41) is 0. The molecule has 0 aromatic rings. The van der Waals surface area contributed by atoms with E-state index in [1.54, 1.807) is 6.08 Å². The van der Waals surface area contributed by atoms with Gasteiger partial charge < -0.3 is 4.74 Å². The highest BCUT2D eigenvalue weighted by atomic mass is 16.5. The zero-order chi connectivity index (χ0) is 54.6. The van der Waals surface area contributed by atoms with E-state index in [1.165, 1.54) is 0 Å². The number of esters is 1. The van der Waals surface area contributed by atoms with Crippen LogP contribution in [0.4, 0.5) is 0 Å². The third-order valence-corrected chi connectivity index (χ3v) is 9.04. The van der Waals surface area contributed by atoms with Gasteiger partial charge in [-0.15, -0.1) is 0 Å². The first-order chi connectivity index (χ1) is 30.1. The van der Waals surface area contributed by atoms with Gasteiger partial charge in [-0.1, -0.05) is 103 Å². The molecule has 6 atom stereocenters. The van der Waals surface area contributed by atoms with Crippen LogP contribution in [0.5, 0.6) is 0 Å². The second-order valence-corrected chi connectivity index (χ2v) is 10.7. The van der Waals surface area contributed by atoms with Crippen LogP contribution in [0.1, 0.15) is 204 Å². The van der Waals surface area contributed by atoms with E-state index < -0.39 is 114 Å². The lowest BCUT2D eigenvalue weighted by molar-refractivity contribution is -0.160. The van der Waals surface area contributed by atoms with Gasteiger partial charge in [0.1, 0.15) is 6.10 Å². The number of allylic oxidation sites excluding steroid dienone is 1. The first-order valence-corrected chi connectivity index (χ1v) is 13.0. The smallest absolute Gasteiger partial charge is 0.306 e. The molecule has 3 fully saturated rings. The molecule has 216 valence electrons. The average Bonchev–Trinajstić information content (AvgIpc) is 3.51. The number of ether oxygens (including phenoxy) is 1. The van der Waals surface area contributed by atoms with Gasteiger partial charge in [0.25, 0.3) is 0 Å². The molecule has 0 amide bonds. The van der Waals surface area contributed by atoms with Crippen molar-refractivity contribution >= 4 is 11.8 Å². The molecule has 0 spiro atoms. The second kappa shape index (κ2) is 14.0. The van der Waals surface area contributed by atoms with E-state index in [4.69, 9.17) is 47.2 Å². The summed E-state index contributed by atoms with van der Waals surface area (Å²) >= 11 is 0. The summed E-state index contributed by atoms with van der Waals surface area (Å²) in [4.78, 5) is 26.1. The number of carbonyl (C=O) groups is 2. The highest BCUT2D eigenvalue weighted by Crippen LogP contribution is 2.65. The quantitative estimate of drug-likeness (QED) is 0.188. The van der Waals surface area contributed by atoms with Gasteiger partial charge in [0.15, 0.2) is 5.78 Å². The van der Waals surface area contributed by atoms with Gasteiger partial charge in [0.05, 0.1) is 0 Å². The molecule has 0 aromatic heterocycles. The van der Waals surface area contributed by atoms with E-state index in [0.717, 1.165) is 5.57 Å². The average molecular weight is 558 g/mol. The maximum Gasteiger partial charge on any atom is 0.306 e. The Bertz CT molecular complexity index is 2050. The molecule has 4 aliphatic carbocycles. The number of carbonyl (C=O) groups excluding carboxylic acids is 2. The molecule has 0 bridgehead atoms. The molecule has 3 heteroatoms. The zero-order valence-corrected chi connectivity index (χ0v) is 21.8. The highest BCUT2D eigenvalue weighted by Gasteiger charge is 2.59. The first kappa shape index (κ1) is 9.45. The van der Waals surface area contributed by atoms with Crippen molar-refractivity contribution < 1.29 is 56.8 Å². The maximum atomic E-state index is 13.8. The summed E-state index contributed by atoms with van der Waals surface area (Å²) in [5.41, 5.74) is 0.0226. The molecular weight excluding hydrogens is 468 g/mol. The van der Waals surface area contributed by atoms with Crippen LogP contribution in [-0.4, -0.2) is 17.9 Å². The molecule has 4 aliphatic rings. The van der Waals surface area contributed by atoms with E-state index >= 15 is 0 Å². The summed E-state index contributed by atoms with van der Waals surface area (Å²) in [6, 6.07) is 0. The normalized spacial score (nSPS) is 52.0. The molecular formula is C35H58O3. The van der Waals surface area contributed by atoms with E-state index in [0.29, 0.717) is 44.9 Å². The van der Waals surface area contributed by atoms with E-state index in [2.05, 4.69) is 6.92 Å². The number of hydrogen-bond acceptors (Lipinski definition) is 3. The molecule has 0 saturated heterocycles. The Labute approximate surface area is 277 Å². The van der Waals surface area contributed by atoms with Crippen molar-refractivity contribution in [2.24, 2.45) is 28.6 Å². The fourth-order valence-corrected chi connectivity index (χ4v) is 7.29. The van der Waals surface area contributed by atoms with Crippen LogP contribution in [0.25, 0.3) is 0 Å². The molecule has 0 aliphatic heterocycles. The molecule has 0 unspecified atom stereocenters. The Morgan fingerprint density at radius 3 is 2.21 bits per heavy atom. The molecule has 0 aromatic carbocycles. The Hall–Kier alpha value is -1.12. The number of rotatable bonds is 15. The van der Waals surface area contributed by atoms with Gasteiger partial charge in [-0.05, 0) is 80.6 Å². The molecule has 0 radical (unpaired) electrons. The summed E-state index contributed by atoms with van der Waals surface area (Å²) in [6.07, 6.45) is -63.4. The Morgan fingerprint density at radius 2 is 1.53 bits per heavy atom. The minimum absolute atomic E-state index is 0.0585. The van der Waals surface area contributed by atoms with Crippen molar-refractivity contribution in [3.63, 3.8) is 0 Å². The van der Waals surface area contributed by atoms with Crippen molar-refractivity contribution in [3.05, 3.63) is 11.6 Å². The van der Waals surface area contributed by atoms with Gasteiger partial charge in [-0.2, -0.15) is 0 Å². The lowest BCUT2D eigenvalue weighted by Crippen LogP contribution is -2.51. The fourth-order valence-electron chi connectivity index (χ4n) is 7.29. The van der Waals surface area contributed by atoms with Crippen LogP contribution in [0, 0.1) is 28.6 Å². The summed E-state index contributed by atoms with van der Waals surface area (Å²) in [5.74, 6) is -1.82. The lowest BCUT2D eigenvalue weighted by Gasteiger charge is -2.57. The second-order valence-electron chi connectivity index (χ2n) is 10.7. The third kappa shape index (κ3) is 6.95. The third-order valence-electron chi connectivity index (χ3n) is 9.04. The number of ketones is 1. The van der Waals surface area contributed by atoms with Gasteiger partial charge in [-0.25, -0.2) is 0 Å². The molecule has 0 heterocycles. The Kier molecular flexibility index (Phi) is 3.48. The van der Waals surface area contributed by atoms with Gasteiger partial charge in [0.2, 0.25) is 0 Å². The van der Waals surface area contributed by atoms with Crippen LogP contribution in [0.3, 0.4) is 0 Å². The molecule has 38 heavy (non-hydrogen) atoms. The lowest BCUT2D eigenvalue weighted by atomic mass is 9.47. The monoisotopic (exact) mass is 558 g/mol. The number of hydrogen-bond donors (Lipinski definition) is 0. The SMILES string of the molecule is [2H]C([2H])([2H])C([2H])([2H])C([2H])([2H])C([2H])([2H])C([2H])([2H])C([2H])([2H])C([2H])([2H])C([2H])([2H])C([2H])([2H])C([2H])([2H])C([2H])([2H])C([2H])([2H])C([2H])([2H])C([2H])([2H])C([2H])([2H])C(=O)O[C@H]1CC[C@H]2[C@@H]3CCC4=CC(=O)CC[C@]4(C)[C@H]3CC[C@]12C. The largest absolute Gasteiger partial charge is 0.462 e. The summed E-state index contributed by atoms with van der Waals surface area (Å²) in [6.45, 7) is -0.173. The van der Waals surface area contributed by atoms with Crippen LogP contribution < -0.4 is 0 Å². The topological polar surface area (TPSA) is 43.4 Å². The standard InChI is InChI=1S/C35H58O3/c1-4-5-6-7-8-9-10-11-12-13-14-15-16-17-33(37)38-32-21-20-30-29-19-18-27-26-28(36)22-24-34(27,2)31(29)23-25-35(30,32)3/h26,29-32H,4-25H2,1-3H3/t29-,30-,31-,32-,34-,35-/m0/s1/i1D3,4D2,5D2,6D2,7D2,8D2,9D2,10D2,11D2,12D2,13D2,14D2,15D2,16D2,17D2. The van der Waals surface area contributed by atoms with E-state index in [9.17, 15) is 9.59 Å². The highest BCUT2D eigenvalue weighted by molar-refractivity contribution is 5.91. The van der Waals surface area contributed by atoms with E-state index in [1.807, 2.05) is 6.92 Å². The first-order valence-electron chi connectivity index (χ1n) is 28.5. The van der Waals surface area contributed by atoms with Crippen molar-refractivity contribution in [2.45, 2.75) is 167 Å². The minimum Gasteiger partial charge on any atom is -0.462 e. The van der Waals surface area contributed by atoms with Crippen molar-refractivity contribution in [1.29, 1.82) is 0 Å². The number of fused-ring (bicyclic) bond motifs is 5.